The van der Waals surface area contributed by atoms with E-state index in [4.69, 9.17) is 4.74 Å². The number of rotatable bonds is 3. The molecule has 156 valence electrons. The Labute approximate surface area is 171 Å². The summed E-state index contributed by atoms with van der Waals surface area (Å²) >= 11 is 0. The van der Waals surface area contributed by atoms with Crippen LogP contribution in [0.15, 0.2) is 59.8 Å². The molecule has 0 fully saturated rings. The molecule has 4 rings (SSSR count). The number of amides is 1. The van der Waals surface area contributed by atoms with E-state index >= 15 is 0 Å². The summed E-state index contributed by atoms with van der Waals surface area (Å²) < 4.78 is 44.0. The van der Waals surface area contributed by atoms with E-state index in [1.807, 2.05) is 18.2 Å². The van der Waals surface area contributed by atoms with E-state index in [0.717, 1.165) is 17.7 Å². The third-order valence-corrected chi connectivity index (χ3v) is 5.62. The van der Waals surface area contributed by atoms with Crippen molar-refractivity contribution in [3.63, 3.8) is 0 Å². The molecular weight excluding hydrogens is 395 g/mol. The highest BCUT2D eigenvalue weighted by atomic mass is 19.4. The lowest BCUT2D eigenvalue weighted by Gasteiger charge is -2.38. The van der Waals surface area contributed by atoms with Crippen LogP contribution in [0.25, 0.3) is 0 Å². The number of methoxy groups -OCH3 is 1. The molecule has 30 heavy (non-hydrogen) atoms. The minimum atomic E-state index is -4.45. The number of benzene rings is 2. The van der Waals surface area contributed by atoms with E-state index in [9.17, 15) is 22.8 Å². The summed E-state index contributed by atoms with van der Waals surface area (Å²) in [7, 11) is 1.55. The van der Waals surface area contributed by atoms with Crippen molar-refractivity contribution in [2.75, 3.05) is 12.0 Å². The summed E-state index contributed by atoms with van der Waals surface area (Å²) in [5.41, 5.74) is 1.56. The number of halogens is 3. The van der Waals surface area contributed by atoms with Gasteiger partial charge in [0, 0.05) is 35.7 Å². The fraction of sp³-hybridized carbons (Fsp3) is 0.304. The van der Waals surface area contributed by atoms with E-state index in [1.54, 1.807) is 13.2 Å². The van der Waals surface area contributed by atoms with Crippen molar-refractivity contribution < 1.29 is 27.5 Å². The predicted molar refractivity (Wildman–Crippen MR) is 105 cm³/mol. The zero-order valence-corrected chi connectivity index (χ0v) is 16.3. The van der Waals surface area contributed by atoms with Crippen molar-refractivity contribution in [2.45, 2.75) is 37.8 Å². The van der Waals surface area contributed by atoms with Gasteiger partial charge in [0.05, 0.1) is 12.7 Å². The largest absolute Gasteiger partial charge is 0.497 e. The fourth-order valence-corrected chi connectivity index (χ4v) is 4.23. The van der Waals surface area contributed by atoms with Crippen molar-refractivity contribution in [2.24, 2.45) is 0 Å². The lowest BCUT2D eigenvalue weighted by Crippen LogP contribution is -2.40. The molecule has 1 atom stereocenters. The molecule has 0 N–H and O–H groups in total. The van der Waals surface area contributed by atoms with Crippen LogP contribution in [-0.4, -0.2) is 18.8 Å². The number of carbonyl (C=O) groups is 2. The van der Waals surface area contributed by atoms with Gasteiger partial charge in [-0.05, 0) is 54.8 Å². The van der Waals surface area contributed by atoms with Crippen LogP contribution in [0.4, 0.5) is 18.9 Å². The molecule has 0 aromatic heterocycles. The average Bonchev–Trinajstić information content (AvgIpc) is 2.73. The van der Waals surface area contributed by atoms with Gasteiger partial charge in [0.1, 0.15) is 5.75 Å². The average molecular weight is 415 g/mol. The molecular formula is C23H20F3NO3. The van der Waals surface area contributed by atoms with Crippen LogP contribution in [0.3, 0.4) is 0 Å². The molecule has 4 nitrogen and oxygen atoms in total. The van der Waals surface area contributed by atoms with Crippen LogP contribution in [-0.2, 0) is 15.8 Å². The first-order valence-corrected chi connectivity index (χ1v) is 9.70. The van der Waals surface area contributed by atoms with Gasteiger partial charge in [-0.2, -0.15) is 13.2 Å². The zero-order chi connectivity index (χ0) is 21.5. The van der Waals surface area contributed by atoms with Crippen LogP contribution in [0.1, 0.15) is 42.7 Å². The number of hydrogen-bond donors (Lipinski definition) is 0. The molecule has 0 spiro atoms. The van der Waals surface area contributed by atoms with Crippen molar-refractivity contribution in [1.82, 2.24) is 0 Å². The van der Waals surface area contributed by atoms with Gasteiger partial charge in [-0.3, -0.25) is 14.5 Å². The Morgan fingerprint density at radius 1 is 1.03 bits per heavy atom. The molecule has 1 aliphatic carbocycles. The Morgan fingerprint density at radius 2 is 1.77 bits per heavy atom. The lowest BCUT2D eigenvalue weighted by atomic mass is 9.77. The molecule has 7 heteroatoms. The van der Waals surface area contributed by atoms with Gasteiger partial charge >= 0.3 is 6.18 Å². The Kier molecular flexibility index (Phi) is 5.13. The van der Waals surface area contributed by atoms with E-state index in [2.05, 4.69) is 0 Å². The van der Waals surface area contributed by atoms with E-state index in [-0.39, 0.29) is 24.0 Å². The summed E-state index contributed by atoms with van der Waals surface area (Å²) in [4.78, 5) is 27.4. The third kappa shape index (κ3) is 3.60. The lowest BCUT2D eigenvalue weighted by molar-refractivity contribution is -0.137. The van der Waals surface area contributed by atoms with Gasteiger partial charge in [0.2, 0.25) is 5.91 Å². The number of nitrogens with zero attached hydrogens (tertiary/aromatic N) is 1. The molecule has 1 amide bonds. The molecule has 1 aliphatic heterocycles. The number of alkyl halides is 3. The SMILES string of the molecule is COc1cccc(C2CC(=O)N(c3ccc(C(F)(F)F)cc3)C3=C2C(=O)CCC3)c1. The highest BCUT2D eigenvalue weighted by Gasteiger charge is 2.40. The van der Waals surface area contributed by atoms with Gasteiger partial charge in [0.15, 0.2) is 5.78 Å². The molecule has 0 saturated heterocycles. The van der Waals surface area contributed by atoms with E-state index < -0.39 is 11.7 Å². The number of carbonyl (C=O) groups excluding carboxylic acids is 2. The number of anilines is 1. The number of Topliss-reactive ketones (excluding diaryl/α,β-unsaturated/α-hetero) is 1. The summed E-state index contributed by atoms with van der Waals surface area (Å²) in [5, 5.41) is 0. The van der Waals surface area contributed by atoms with Gasteiger partial charge in [-0.15, -0.1) is 0 Å². The zero-order valence-electron chi connectivity index (χ0n) is 16.3. The van der Waals surface area contributed by atoms with Gasteiger partial charge in [-0.25, -0.2) is 0 Å². The second-order valence-corrected chi connectivity index (χ2v) is 7.44. The number of ketones is 1. The van der Waals surface area contributed by atoms with E-state index in [0.29, 0.717) is 42.0 Å². The summed E-state index contributed by atoms with van der Waals surface area (Å²) in [6.07, 6.45) is -2.86. The Bertz CT molecular complexity index is 1020. The van der Waals surface area contributed by atoms with Crippen LogP contribution >= 0.6 is 0 Å². The summed E-state index contributed by atoms with van der Waals surface area (Å²) in [6.45, 7) is 0. The maximum Gasteiger partial charge on any atom is 0.416 e. The molecule has 2 aromatic carbocycles. The predicted octanol–water partition coefficient (Wildman–Crippen LogP) is 5.24. The Morgan fingerprint density at radius 3 is 2.43 bits per heavy atom. The topological polar surface area (TPSA) is 46.6 Å². The first kappa shape index (κ1) is 20.2. The summed E-state index contributed by atoms with van der Waals surface area (Å²) in [6, 6.07) is 11.8. The van der Waals surface area contributed by atoms with Crippen LogP contribution in [0.2, 0.25) is 0 Å². The smallest absolute Gasteiger partial charge is 0.416 e. The van der Waals surface area contributed by atoms with Crippen molar-refractivity contribution in [3.8, 4) is 5.75 Å². The van der Waals surface area contributed by atoms with Gasteiger partial charge in [0.25, 0.3) is 0 Å². The second kappa shape index (κ2) is 7.63. The number of hydrogen-bond acceptors (Lipinski definition) is 3. The maximum absolute atomic E-state index is 13.1. The second-order valence-electron chi connectivity index (χ2n) is 7.44. The van der Waals surface area contributed by atoms with Crippen LogP contribution in [0.5, 0.6) is 5.75 Å². The molecule has 1 heterocycles. The fourth-order valence-electron chi connectivity index (χ4n) is 4.23. The first-order valence-electron chi connectivity index (χ1n) is 9.70. The standard InChI is InChI=1S/C23H20F3NO3/c1-30-17-5-2-4-14(12-17)18-13-21(29)27(19-6-3-7-20(28)22(18)19)16-10-8-15(9-11-16)23(24,25)26/h2,4-5,8-12,18H,3,6-7,13H2,1H3. The molecule has 0 saturated carbocycles. The van der Waals surface area contributed by atoms with E-state index in [1.165, 1.54) is 17.0 Å². The first-order chi connectivity index (χ1) is 14.3. The van der Waals surface area contributed by atoms with Gasteiger partial charge in [-0.1, -0.05) is 12.1 Å². The van der Waals surface area contributed by atoms with Crippen LogP contribution in [0, 0.1) is 0 Å². The highest BCUT2D eigenvalue weighted by molar-refractivity contribution is 6.07. The Balaban J connectivity index is 1.79. The van der Waals surface area contributed by atoms with Crippen LogP contribution < -0.4 is 9.64 Å². The van der Waals surface area contributed by atoms with Crippen molar-refractivity contribution >= 4 is 17.4 Å². The van der Waals surface area contributed by atoms with Crippen molar-refractivity contribution in [1.29, 1.82) is 0 Å². The minimum absolute atomic E-state index is 0.0199. The van der Waals surface area contributed by atoms with Gasteiger partial charge < -0.3 is 4.74 Å². The Hall–Kier alpha value is -3.09. The maximum atomic E-state index is 13.1. The number of allylic oxidation sites excluding steroid dienone is 2. The molecule has 0 radical (unpaired) electrons. The normalized spacial score (nSPS) is 19.7. The quantitative estimate of drug-likeness (QED) is 0.689. The molecule has 1 unspecified atom stereocenters. The van der Waals surface area contributed by atoms with Crippen molar-refractivity contribution in [3.05, 3.63) is 70.9 Å². The third-order valence-electron chi connectivity index (χ3n) is 5.62. The summed E-state index contributed by atoms with van der Waals surface area (Å²) in [5.74, 6) is -0.0128. The number of ether oxygens (including phenoxy) is 1. The molecule has 2 aliphatic rings. The highest BCUT2D eigenvalue weighted by Crippen LogP contribution is 2.44. The monoisotopic (exact) mass is 415 g/mol. The molecule has 0 bridgehead atoms. The minimum Gasteiger partial charge on any atom is -0.497 e. The molecule has 2 aromatic rings.